The van der Waals surface area contributed by atoms with E-state index in [1.165, 1.54) is 5.56 Å². The number of benzene rings is 2. The van der Waals surface area contributed by atoms with Gasteiger partial charge in [0.25, 0.3) is 0 Å². The second-order valence-corrected chi connectivity index (χ2v) is 6.50. The van der Waals surface area contributed by atoms with E-state index in [0.717, 1.165) is 12.2 Å². The molecule has 7 nitrogen and oxygen atoms in total. The number of carbonyl (C=O) groups is 2. The lowest BCUT2D eigenvalue weighted by Gasteiger charge is -2.32. The molecule has 1 aliphatic rings. The van der Waals surface area contributed by atoms with Crippen molar-refractivity contribution in [1.29, 1.82) is 0 Å². The maximum Gasteiger partial charge on any atom is 0.322 e. The Morgan fingerprint density at radius 2 is 1.89 bits per heavy atom. The number of ether oxygens (including phenoxy) is 1. The van der Waals surface area contributed by atoms with Crippen LogP contribution in [0.15, 0.2) is 54.6 Å². The molecule has 1 unspecified atom stereocenters. The van der Waals surface area contributed by atoms with Crippen LogP contribution in [0.1, 0.15) is 5.56 Å². The van der Waals surface area contributed by atoms with Crippen molar-refractivity contribution in [3.8, 4) is 0 Å². The normalized spacial score (nSPS) is 16.6. The molecule has 2 aromatic carbocycles. The van der Waals surface area contributed by atoms with Crippen LogP contribution in [0.4, 0.5) is 16.2 Å². The van der Waals surface area contributed by atoms with Crippen LogP contribution in [0, 0.1) is 0 Å². The third-order valence-electron chi connectivity index (χ3n) is 4.49. The summed E-state index contributed by atoms with van der Waals surface area (Å²) in [5.41, 5.74) is 8.09. The van der Waals surface area contributed by atoms with Crippen LogP contribution in [-0.2, 0) is 16.1 Å². The summed E-state index contributed by atoms with van der Waals surface area (Å²) in [5, 5.41) is 2.94. The Kier molecular flexibility index (Phi) is 5.93. The van der Waals surface area contributed by atoms with Gasteiger partial charge in [-0.1, -0.05) is 42.5 Å². The number of anilines is 2. The summed E-state index contributed by atoms with van der Waals surface area (Å²) < 4.78 is 5.29. The number of nitrogens with zero attached hydrogens (tertiary/aromatic N) is 2. The van der Waals surface area contributed by atoms with Crippen molar-refractivity contribution < 1.29 is 14.3 Å². The third-order valence-corrected chi connectivity index (χ3v) is 4.49. The molecule has 0 bridgehead atoms. The minimum atomic E-state index is -0.763. The van der Waals surface area contributed by atoms with E-state index in [-0.39, 0.29) is 19.2 Å². The van der Waals surface area contributed by atoms with Crippen molar-refractivity contribution in [3.63, 3.8) is 0 Å². The molecule has 0 spiro atoms. The third kappa shape index (κ3) is 4.77. The van der Waals surface area contributed by atoms with Gasteiger partial charge in [0.2, 0.25) is 5.91 Å². The van der Waals surface area contributed by atoms with Gasteiger partial charge in [-0.25, -0.2) is 4.79 Å². The summed E-state index contributed by atoms with van der Waals surface area (Å²) in [6.45, 7) is 1.58. The van der Waals surface area contributed by atoms with E-state index in [9.17, 15) is 9.59 Å². The molecule has 3 rings (SSSR count). The van der Waals surface area contributed by atoms with Gasteiger partial charge in [-0.15, -0.1) is 0 Å². The topological polar surface area (TPSA) is 87.9 Å². The number of hydrogen-bond donors (Lipinski definition) is 2. The van der Waals surface area contributed by atoms with Crippen LogP contribution in [-0.4, -0.2) is 49.7 Å². The van der Waals surface area contributed by atoms with E-state index >= 15 is 0 Å². The number of rotatable bonds is 5. The van der Waals surface area contributed by atoms with E-state index < -0.39 is 12.0 Å². The summed E-state index contributed by atoms with van der Waals surface area (Å²) in [6.07, 6.45) is -0.763. The highest BCUT2D eigenvalue weighted by Crippen LogP contribution is 2.26. The average Bonchev–Trinajstić information content (AvgIpc) is 2.69. The Hall–Kier alpha value is -3.06. The maximum atomic E-state index is 12.7. The van der Waals surface area contributed by atoms with Crippen molar-refractivity contribution in [2.45, 2.75) is 12.6 Å². The van der Waals surface area contributed by atoms with Gasteiger partial charge in [0, 0.05) is 20.1 Å². The largest absolute Gasteiger partial charge is 0.369 e. The number of nitrogens with one attached hydrogen (secondary N) is 1. The molecule has 1 atom stereocenters. The van der Waals surface area contributed by atoms with Gasteiger partial charge in [0.05, 0.1) is 24.5 Å². The molecule has 27 heavy (non-hydrogen) atoms. The molecule has 0 aliphatic carbocycles. The smallest absolute Gasteiger partial charge is 0.322 e. The van der Waals surface area contributed by atoms with E-state index in [2.05, 4.69) is 22.3 Å². The maximum absolute atomic E-state index is 12.7. The highest BCUT2D eigenvalue weighted by Gasteiger charge is 2.28. The van der Waals surface area contributed by atoms with Gasteiger partial charge in [-0.05, 0) is 17.7 Å². The van der Waals surface area contributed by atoms with Gasteiger partial charge in [0.1, 0.15) is 0 Å². The lowest BCUT2D eigenvalue weighted by Crippen LogP contribution is -2.51. The van der Waals surface area contributed by atoms with Crippen LogP contribution >= 0.6 is 0 Å². The van der Waals surface area contributed by atoms with E-state index in [1.54, 1.807) is 4.90 Å². The first kappa shape index (κ1) is 18.7. The monoisotopic (exact) mass is 368 g/mol. The standard InChI is InChI=1S/C20H24N4O3/c1-23(13-15-7-3-2-4-8-15)17-10-6-5-9-16(17)22-20(26)24-11-12-27-18(14-24)19(21)25/h2-10,18H,11-14H2,1H3,(H2,21,25)(H,22,26). The van der Waals surface area contributed by atoms with Crippen molar-refractivity contribution in [2.24, 2.45) is 5.73 Å². The first-order chi connectivity index (χ1) is 13.0. The molecule has 2 aromatic rings. The molecule has 0 radical (unpaired) electrons. The van der Waals surface area contributed by atoms with Crippen LogP contribution in [0.5, 0.6) is 0 Å². The molecular formula is C20H24N4O3. The summed E-state index contributed by atoms with van der Waals surface area (Å²) >= 11 is 0. The Labute approximate surface area is 158 Å². The van der Waals surface area contributed by atoms with Crippen LogP contribution < -0.4 is 16.0 Å². The Morgan fingerprint density at radius 1 is 1.19 bits per heavy atom. The summed E-state index contributed by atoms with van der Waals surface area (Å²) in [4.78, 5) is 27.6. The van der Waals surface area contributed by atoms with Crippen LogP contribution in [0.3, 0.4) is 0 Å². The first-order valence-electron chi connectivity index (χ1n) is 8.85. The number of amides is 3. The highest BCUT2D eigenvalue weighted by atomic mass is 16.5. The summed E-state index contributed by atoms with van der Waals surface area (Å²) in [5.74, 6) is -0.560. The number of primary amides is 1. The van der Waals surface area contributed by atoms with E-state index in [1.807, 2.05) is 49.5 Å². The molecule has 3 amide bonds. The van der Waals surface area contributed by atoms with Gasteiger partial charge in [0.15, 0.2) is 6.10 Å². The van der Waals surface area contributed by atoms with E-state index in [0.29, 0.717) is 12.2 Å². The number of nitrogens with two attached hydrogens (primary N) is 1. The lowest BCUT2D eigenvalue weighted by atomic mass is 10.2. The van der Waals surface area contributed by atoms with E-state index in [4.69, 9.17) is 10.5 Å². The Balaban J connectivity index is 1.70. The zero-order chi connectivity index (χ0) is 19.2. The lowest BCUT2D eigenvalue weighted by molar-refractivity contribution is -0.133. The molecule has 0 aromatic heterocycles. The Morgan fingerprint density at radius 3 is 2.63 bits per heavy atom. The number of morpholine rings is 1. The predicted octanol–water partition coefficient (Wildman–Crippen LogP) is 2.04. The number of carbonyl (C=O) groups excluding carboxylic acids is 2. The molecular weight excluding hydrogens is 344 g/mol. The van der Waals surface area contributed by atoms with Gasteiger partial charge in [-0.3, -0.25) is 4.79 Å². The van der Waals surface area contributed by atoms with Crippen molar-refractivity contribution >= 4 is 23.3 Å². The van der Waals surface area contributed by atoms with Gasteiger partial charge < -0.3 is 25.6 Å². The van der Waals surface area contributed by atoms with Crippen molar-refractivity contribution in [2.75, 3.05) is 37.0 Å². The zero-order valence-corrected chi connectivity index (χ0v) is 15.3. The molecule has 142 valence electrons. The fourth-order valence-electron chi connectivity index (χ4n) is 3.05. The van der Waals surface area contributed by atoms with Gasteiger partial charge >= 0.3 is 6.03 Å². The van der Waals surface area contributed by atoms with Gasteiger partial charge in [-0.2, -0.15) is 0 Å². The van der Waals surface area contributed by atoms with Crippen LogP contribution in [0.2, 0.25) is 0 Å². The quantitative estimate of drug-likeness (QED) is 0.845. The first-order valence-corrected chi connectivity index (χ1v) is 8.85. The van der Waals surface area contributed by atoms with Crippen molar-refractivity contribution in [3.05, 3.63) is 60.2 Å². The predicted molar refractivity (Wildman–Crippen MR) is 105 cm³/mol. The zero-order valence-electron chi connectivity index (χ0n) is 15.3. The fourth-order valence-corrected chi connectivity index (χ4v) is 3.05. The van der Waals surface area contributed by atoms with Crippen molar-refractivity contribution in [1.82, 2.24) is 4.90 Å². The number of hydrogen-bond acceptors (Lipinski definition) is 4. The molecule has 1 aliphatic heterocycles. The molecule has 1 heterocycles. The highest BCUT2D eigenvalue weighted by molar-refractivity contribution is 5.93. The second kappa shape index (κ2) is 8.55. The number of para-hydroxylation sites is 2. The summed E-state index contributed by atoms with van der Waals surface area (Å²) in [7, 11) is 1.98. The minimum absolute atomic E-state index is 0.156. The molecule has 7 heteroatoms. The average molecular weight is 368 g/mol. The minimum Gasteiger partial charge on any atom is -0.369 e. The Bertz CT molecular complexity index is 797. The molecule has 0 saturated carbocycles. The second-order valence-electron chi connectivity index (χ2n) is 6.50. The molecule has 1 saturated heterocycles. The summed E-state index contributed by atoms with van der Waals surface area (Å²) in [6, 6.07) is 17.5. The number of urea groups is 1. The fraction of sp³-hybridized carbons (Fsp3) is 0.300. The van der Waals surface area contributed by atoms with Crippen LogP contribution in [0.25, 0.3) is 0 Å². The molecule has 1 fully saturated rings. The SMILES string of the molecule is CN(Cc1ccccc1)c1ccccc1NC(=O)N1CCOC(C(N)=O)C1. The molecule has 3 N–H and O–H groups in total.